The average Bonchev–Trinajstić information content (AvgIpc) is 3.06. The summed E-state index contributed by atoms with van der Waals surface area (Å²) in [6, 6.07) is 9.91. The van der Waals surface area contributed by atoms with Gasteiger partial charge in [-0.2, -0.15) is 4.31 Å². The summed E-state index contributed by atoms with van der Waals surface area (Å²) >= 11 is 6.17. The molecule has 1 aliphatic rings. The number of benzene rings is 2. The van der Waals surface area contributed by atoms with Crippen LogP contribution in [0.2, 0.25) is 5.02 Å². The number of hydrogen-bond acceptors (Lipinski definition) is 5. The van der Waals surface area contributed by atoms with Crippen molar-refractivity contribution in [1.29, 1.82) is 0 Å². The third kappa shape index (κ3) is 5.19. The molecule has 0 saturated heterocycles. The Kier molecular flexibility index (Phi) is 7.37. The Morgan fingerprint density at radius 3 is 2.62 bits per heavy atom. The highest BCUT2D eigenvalue weighted by Crippen LogP contribution is 2.41. The molecule has 0 saturated carbocycles. The predicted molar refractivity (Wildman–Crippen MR) is 124 cm³/mol. The van der Waals surface area contributed by atoms with Gasteiger partial charge < -0.3 is 14.8 Å². The van der Waals surface area contributed by atoms with Crippen LogP contribution < -0.4 is 14.8 Å². The number of rotatable bonds is 9. The first-order valence-electron chi connectivity index (χ1n) is 10.6. The summed E-state index contributed by atoms with van der Waals surface area (Å²) < 4.78 is 38.6. The van der Waals surface area contributed by atoms with Gasteiger partial charge in [-0.3, -0.25) is 4.79 Å². The fraction of sp³-hybridized carbons (Fsp3) is 0.435. The molecule has 0 atom stereocenters. The molecule has 0 spiro atoms. The highest BCUT2D eigenvalue weighted by molar-refractivity contribution is 7.89. The van der Waals surface area contributed by atoms with Crippen LogP contribution in [0.25, 0.3) is 0 Å². The SMILES string of the molecule is CCN(CC)S(=O)(=O)c1ccc(Cl)c(C(=O)NCCOc2cccc3c2OC(C)(C)C3)c1. The number of nitrogens with zero attached hydrogens (tertiary/aromatic N) is 1. The van der Waals surface area contributed by atoms with E-state index in [0.29, 0.717) is 18.8 Å². The maximum absolute atomic E-state index is 12.8. The zero-order chi connectivity index (χ0) is 23.5. The zero-order valence-electron chi connectivity index (χ0n) is 18.8. The van der Waals surface area contributed by atoms with E-state index in [9.17, 15) is 13.2 Å². The lowest BCUT2D eigenvalue weighted by Crippen LogP contribution is -2.31. The minimum Gasteiger partial charge on any atom is -0.488 e. The molecular formula is C23H29ClN2O5S. The first kappa shape index (κ1) is 24.4. The van der Waals surface area contributed by atoms with Crippen molar-refractivity contribution in [3.63, 3.8) is 0 Å². The number of fused-ring (bicyclic) bond motifs is 1. The number of carbonyl (C=O) groups excluding carboxylic acids is 1. The van der Waals surface area contributed by atoms with E-state index in [1.54, 1.807) is 13.8 Å². The van der Waals surface area contributed by atoms with E-state index in [1.165, 1.54) is 22.5 Å². The quantitative estimate of drug-likeness (QED) is 0.550. The Hall–Kier alpha value is -2.29. The summed E-state index contributed by atoms with van der Waals surface area (Å²) in [5, 5.41) is 2.91. The second-order valence-corrected chi connectivity index (χ2v) is 10.5. The summed E-state index contributed by atoms with van der Waals surface area (Å²) in [5.41, 5.74) is 0.920. The van der Waals surface area contributed by atoms with Crippen molar-refractivity contribution in [3.05, 3.63) is 52.5 Å². The van der Waals surface area contributed by atoms with Gasteiger partial charge in [-0.1, -0.05) is 37.6 Å². The van der Waals surface area contributed by atoms with Crippen LogP contribution in [0.4, 0.5) is 0 Å². The Balaban J connectivity index is 1.64. The van der Waals surface area contributed by atoms with Crippen LogP contribution in [0.5, 0.6) is 11.5 Å². The van der Waals surface area contributed by atoms with Gasteiger partial charge in [0.1, 0.15) is 12.2 Å². The predicted octanol–water partition coefficient (Wildman–Crippen LogP) is 3.89. The Morgan fingerprint density at radius 1 is 1.22 bits per heavy atom. The number of carbonyl (C=O) groups is 1. The zero-order valence-corrected chi connectivity index (χ0v) is 20.3. The molecule has 0 aromatic heterocycles. The molecule has 1 amide bonds. The number of nitrogens with one attached hydrogen (secondary N) is 1. The van der Waals surface area contributed by atoms with E-state index >= 15 is 0 Å². The van der Waals surface area contributed by atoms with Crippen molar-refractivity contribution >= 4 is 27.5 Å². The summed E-state index contributed by atoms with van der Waals surface area (Å²) in [4.78, 5) is 12.7. The molecule has 2 aromatic carbocycles. The highest BCUT2D eigenvalue weighted by Gasteiger charge is 2.32. The molecule has 0 aliphatic carbocycles. The van der Waals surface area contributed by atoms with Gasteiger partial charge in [0.15, 0.2) is 11.5 Å². The molecule has 0 radical (unpaired) electrons. The first-order chi connectivity index (χ1) is 15.1. The van der Waals surface area contributed by atoms with Crippen molar-refractivity contribution in [2.24, 2.45) is 0 Å². The lowest BCUT2D eigenvalue weighted by molar-refractivity contribution is 0.0946. The molecular weight excluding hydrogens is 452 g/mol. The highest BCUT2D eigenvalue weighted by atomic mass is 35.5. The van der Waals surface area contributed by atoms with E-state index in [-0.39, 0.29) is 34.2 Å². The molecule has 3 rings (SSSR count). The number of hydrogen-bond donors (Lipinski definition) is 1. The van der Waals surface area contributed by atoms with Gasteiger partial charge in [-0.15, -0.1) is 0 Å². The topological polar surface area (TPSA) is 84.9 Å². The van der Waals surface area contributed by atoms with Crippen molar-refractivity contribution in [2.45, 2.75) is 44.6 Å². The molecule has 32 heavy (non-hydrogen) atoms. The van der Waals surface area contributed by atoms with Crippen molar-refractivity contribution in [3.8, 4) is 11.5 Å². The van der Waals surface area contributed by atoms with E-state index in [1.807, 2.05) is 32.0 Å². The molecule has 174 valence electrons. The van der Waals surface area contributed by atoms with Gasteiger partial charge in [0, 0.05) is 25.1 Å². The molecule has 1 heterocycles. The molecule has 0 unspecified atom stereocenters. The van der Waals surface area contributed by atoms with E-state index < -0.39 is 15.9 Å². The normalized spacial score (nSPS) is 14.7. The summed E-state index contributed by atoms with van der Waals surface area (Å²) in [6.07, 6.45) is 0.807. The van der Waals surface area contributed by atoms with Crippen LogP contribution in [-0.4, -0.2) is 50.5 Å². The van der Waals surface area contributed by atoms with Crippen LogP contribution in [-0.2, 0) is 16.4 Å². The molecule has 0 bridgehead atoms. The van der Waals surface area contributed by atoms with Gasteiger partial charge in [-0.05, 0) is 38.1 Å². The monoisotopic (exact) mass is 480 g/mol. The van der Waals surface area contributed by atoms with Gasteiger partial charge >= 0.3 is 0 Å². The number of amides is 1. The van der Waals surface area contributed by atoms with Crippen molar-refractivity contribution < 1.29 is 22.7 Å². The summed E-state index contributed by atoms with van der Waals surface area (Å²) in [7, 11) is -3.69. The van der Waals surface area contributed by atoms with E-state index in [0.717, 1.165) is 17.7 Å². The van der Waals surface area contributed by atoms with Crippen molar-refractivity contribution in [2.75, 3.05) is 26.2 Å². The first-order valence-corrected chi connectivity index (χ1v) is 12.4. The molecule has 1 N–H and O–H groups in total. The number of ether oxygens (including phenoxy) is 2. The van der Waals surface area contributed by atoms with Gasteiger partial charge in [0.25, 0.3) is 5.91 Å². The third-order valence-corrected chi connectivity index (χ3v) is 7.60. The largest absolute Gasteiger partial charge is 0.488 e. The second-order valence-electron chi connectivity index (χ2n) is 8.12. The van der Waals surface area contributed by atoms with Gasteiger partial charge in [-0.25, -0.2) is 8.42 Å². The van der Waals surface area contributed by atoms with Crippen molar-refractivity contribution in [1.82, 2.24) is 9.62 Å². The van der Waals surface area contributed by atoms with Gasteiger partial charge in [0.05, 0.1) is 22.0 Å². The Bertz CT molecular complexity index is 1100. The second kappa shape index (κ2) is 9.68. The summed E-state index contributed by atoms with van der Waals surface area (Å²) in [5.74, 6) is 0.903. The van der Waals surface area contributed by atoms with Crippen LogP contribution in [0, 0.1) is 0 Å². The molecule has 1 aliphatic heterocycles. The maximum Gasteiger partial charge on any atom is 0.252 e. The Morgan fingerprint density at radius 2 is 1.94 bits per heavy atom. The Labute approximate surface area is 194 Å². The molecule has 9 heteroatoms. The minimum atomic E-state index is -3.69. The molecule has 7 nitrogen and oxygen atoms in total. The molecule has 0 fully saturated rings. The molecule has 2 aromatic rings. The number of halogens is 1. The average molecular weight is 481 g/mol. The fourth-order valence-electron chi connectivity index (χ4n) is 3.67. The van der Waals surface area contributed by atoms with Gasteiger partial charge in [0.2, 0.25) is 10.0 Å². The van der Waals surface area contributed by atoms with E-state index in [4.69, 9.17) is 21.1 Å². The number of sulfonamides is 1. The van der Waals surface area contributed by atoms with Crippen LogP contribution >= 0.6 is 11.6 Å². The lowest BCUT2D eigenvalue weighted by atomic mass is 10.0. The van der Waals surface area contributed by atoms with Crippen LogP contribution in [0.1, 0.15) is 43.6 Å². The third-order valence-electron chi connectivity index (χ3n) is 5.23. The smallest absolute Gasteiger partial charge is 0.252 e. The number of para-hydroxylation sites is 1. The standard InChI is InChI=1S/C23H29ClN2O5S/c1-5-26(6-2)32(28,29)17-10-11-19(24)18(14-17)22(27)25-12-13-30-20-9-7-8-16-15-23(3,4)31-21(16)20/h7-11,14H,5-6,12-13,15H2,1-4H3,(H,25,27). The fourth-order valence-corrected chi connectivity index (χ4v) is 5.36. The minimum absolute atomic E-state index is 0.0339. The van der Waals surface area contributed by atoms with Crippen LogP contribution in [0.15, 0.2) is 41.3 Å². The van der Waals surface area contributed by atoms with Crippen LogP contribution in [0.3, 0.4) is 0 Å². The summed E-state index contributed by atoms with van der Waals surface area (Å²) in [6.45, 7) is 8.69. The lowest BCUT2D eigenvalue weighted by Gasteiger charge is -2.19. The maximum atomic E-state index is 12.8. The van der Waals surface area contributed by atoms with E-state index in [2.05, 4.69) is 5.32 Å².